The zero-order valence-corrected chi connectivity index (χ0v) is 15.9. The van der Waals surface area contributed by atoms with Crippen LogP contribution in [0.25, 0.3) is 10.9 Å². The van der Waals surface area contributed by atoms with E-state index < -0.39 is 0 Å². The fraction of sp³-hybridized carbons (Fsp3) is 0.450. The molecule has 0 spiro atoms. The Hall–Kier alpha value is -2.67. The molecule has 7 nitrogen and oxygen atoms in total. The number of pyridine rings is 1. The number of likely N-dealkylation sites (N-methyl/N-ethyl adjacent to an activating group) is 1. The smallest absolute Gasteiger partial charge is 0.319 e. The summed E-state index contributed by atoms with van der Waals surface area (Å²) in [6.07, 6.45) is 3.94. The minimum Gasteiger partial charge on any atom is -0.338 e. The maximum atomic E-state index is 12.3. The van der Waals surface area contributed by atoms with Gasteiger partial charge in [0.2, 0.25) is 5.91 Å². The van der Waals surface area contributed by atoms with Crippen LogP contribution in [-0.2, 0) is 4.79 Å². The summed E-state index contributed by atoms with van der Waals surface area (Å²) < 4.78 is 0. The number of rotatable bonds is 7. The molecule has 0 radical (unpaired) electrons. The van der Waals surface area contributed by atoms with Crippen molar-refractivity contribution in [2.75, 3.05) is 39.0 Å². The molecule has 0 bridgehead atoms. The van der Waals surface area contributed by atoms with E-state index in [2.05, 4.69) is 20.5 Å². The first-order chi connectivity index (χ1) is 13.0. The van der Waals surface area contributed by atoms with Gasteiger partial charge in [0.25, 0.3) is 0 Å². The van der Waals surface area contributed by atoms with Crippen molar-refractivity contribution in [2.45, 2.75) is 25.3 Å². The minimum atomic E-state index is -0.252. The molecule has 0 aliphatic carbocycles. The first-order valence-corrected chi connectivity index (χ1v) is 9.37. The number of anilines is 1. The summed E-state index contributed by atoms with van der Waals surface area (Å²) in [5.74, 6) is 0.216. The van der Waals surface area contributed by atoms with E-state index in [1.165, 1.54) is 0 Å². The van der Waals surface area contributed by atoms with Crippen LogP contribution >= 0.6 is 0 Å². The average Bonchev–Trinajstić information content (AvgIpc) is 3.00. The van der Waals surface area contributed by atoms with Gasteiger partial charge in [-0.2, -0.15) is 0 Å². The predicted octanol–water partition coefficient (Wildman–Crippen LogP) is 2.30. The standard InChI is InChI=1S/C20H27N5O2/c1-24(2)13-14-25-16(8-9-18(25)26)10-12-22-20(27)23-17-7-3-5-15-6-4-11-21-19(15)17/h3-7,11,16H,8-10,12-14H2,1-2H3,(H2,22,23,27)/t16-/m0/s1. The van der Waals surface area contributed by atoms with E-state index in [-0.39, 0.29) is 18.0 Å². The van der Waals surface area contributed by atoms with Gasteiger partial charge in [0.15, 0.2) is 0 Å². The molecule has 2 aromatic rings. The molecule has 1 saturated heterocycles. The summed E-state index contributed by atoms with van der Waals surface area (Å²) in [4.78, 5) is 32.7. The van der Waals surface area contributed by atoms with E-state index >= 15 is 0 Å². The van der Waals surface area contributed by atoms with Gasteiger partial charge in [-0.3, -0.25) is 9.78 Å². The van der Waals surface area contributed by atoms with Gasteiger partial charge in [-0.15, -0.1) is 0 Å². The Morgan fingerprint density at radius 1 is 1.30 bits per heavy atom. The second kappa shape index (κ2) is 8.81. The highest BCUT2D eigenvalue weighted by atomic mass is 16.2. The minimum absolute atomic E-state index is 0.206. The zero-order valence-electron chi connectivity index (χ0n) is 15.9. The van der Waals surface area contributed by atoms with Gasteiger partial charge in [-0.05, 0) is 39.1 Å². The number of hydrogen-bond acceptors (Lipinski definition) is 4. The van der Waals surface area contributed by atoms with Crippen LogP contribution in [0.5, 0.6) is 0 Å². The molecule has 1 atom stereocenters. The van der Waals surface area contributed by atoms with Crippen molar-refractivity contribution < 1.29 is 9.59 Å². The van der Waals surface area contributed by atoms with E-state index in [9.17, 15) is 9.59 Å². The number of likely N-dealkylation sites (tertiary alicyclic amines) is 1. The largest absolute Gasteiger partial charge is 0.338 e. The second-order valence-electron chi connectivity index (χ2n) is 7.13. The molecule has 1 aliphatic heterocycles. The van der Waals surface area contributed by atoms with Gasteiger partial charge >= 0.3 is 6.03 Å². The summed E-state index contributed by atoms with van der Waals surface area (Å²) in [6, 6.07) is 9.49. The molecule has 1 aromatic carbocycles. The van der Waals surface area contributed by atoms with Gasteiger partial charge in [0.1, 0.15) is 0 Å². The van der Waals surface area contributed by atoms with E-state index in [4.69, 9.17) is 0 Å². The number of nitrogens with zero attached hydrogens (tertiary/aromatic N) is 3. The van der Waals surface area contributed by atoms with Crippen molar-refractivity contribution in [1.82, 2.24) is 20.1 Å². The van der Waals surface area contributed by atoms with E-state index in [0.717, 1.165) is 36.8 Å². The third-order valence-electron chi connectivity index (χ3n) is 4.88. The van der Waals surface area contributed by atoms with Crippen LogP contribution in [0.1, 0.15) is 19.3 Å². The van der Waals surface area contributed by atoms with Gasteiger partial charge in [-0.1, -0.05) is 18.2 Å². The summed E-state index contributed by atoms with van der Waals surface area (Å²) in [6.45, 7) is 2.12. The monoisotopic (exact) mass is 369 g/mol. The third-order valence-corrected chi connectivity index (χ3v) is 4.88. The van der Waals surface area contributed by atoms with E-state index in [0.29, 0.717) is 18.7 Å². The maximum absolute atomic E-state index is 12.3. The maximum Gasteiger partial charge on any atom is 0.319 e. The van der Waals surface area contributed by atoms with Gasteiger partial charge in [-0.25, -0.2) is 4.79 Å². The topological polar surface area (TPSA) is 77.6 Å². The van der Waals surface area contributed by atoms with Crippen LogP contribution in [-0.4, -0.2) is 66.5 Å². The molecule has 3 rings (SSSR count). The molecule has 27 heavy (non-hydrogen) atoms. The second-order valence-corrected chi connectivity index (χ2v) is 7.13. The predicted molar refractivity (Wildman–Crippen MR) is 107 cm³/mol. The Balaban J connectivity index is 1.50. The number of benzene rings is 1. The van der Waals surface area contributed by atoms with Crippen molar-refractivity contribution in [3.8, 4) is 0 Å². The number of fused-ring (bicyclic) bond motifs is 1. The van der Waals surface area contributed by atoms with Crippen LogP contribution in [0.3, 0.4) is 0 Å². The number of urea groups is 1. The van der Waals surface area contributed by atoms with Crippen LogP contribution in [0.2, 0.25) is 0 Å². The summed E-state index contributed by atoms with van der Waals surface area (Å²) in [7, 11) is 4.01. The Bertz CT molecular complexity index is 803. The molecule has 2 N–H and O–H groups in total. The highest BCUT2D eigenvalue weighted by Gasteiger charge is 2.30. The molecule has 2 heterocycles. The summed E-state index contributed by atoms with van der Waals surface area (Å²) in [5, 5.41) is 6.75. The lowest BCUT2D eigenvalue weighted by Crippen LogP contribution is -2.40. The Kier molecular flexibility index (Phi) is 6.24. The normalized spacial score (nSPS) is 16.9. The Morgan fingerprint density at radius 3 is 2.93 bits per heavy atom. The SMILES string of the molecule is CN(C)CCN1C(=O)CC[C@H]1CCNC(=O)Nc1cccc2cccnc12. The molecule has 1 fully saturated rings. The van der Waals surface area contributed by atoms with Crippen molar-refractivity contribution in [2.24, 2.45) is 0 Å². The number of aromatic nitrogens is 1. The average molecular weight is 369 g/mol. The highest BCUT2D eigenvalue weighted by Crippen LogP contribution is 2.22. The Labute approximate surface area is 159 Å². The molecule has 1 aliphatic rings. The molecule has 0 saturated carbocycles. The Morgan fingerprint density at radius 2 is 2.11 bits per heavy atom. The first kappa shape index (κ1) is 19.1. The van der Waals surface area contributed by atoms with E-state index in [1.807, 2.05) is 49.3 Å². The van der Waals surface area contributed by atoms with Crippen molar-refractivity contribution >= 4 is 28.5 Å². The first-order valence-electron chi connectivity index (χ1n) is 9.37. The lowest BCUT2D eigenvalue weighted by molar-refractivity contribution is -0.129. The third kappa shape index (κ3) is 4.95. The highest BCUT2D eigenvalue weighted by molar-refractivity contribution is 5.99. The molecule has 144 valence electrons. The number of para-hydroxylation sites is 1. The van der Waals surface area contributed by atoms with Gasteiger partial charge in [0.05, 0.1) is 11.2 Å². The molecule has 7 heteroatoms. The van der Waals surface area contributed by atoms with Gasteiger partial charge in [0, 0.05) is 43.7 Å². The summed E-state index contributed by atoms with van der Waals surface area (Å²) in [5.41, 5.74) is 1.46. The molecule has 0 unspecified atom stereocenters. The number of carbonyl (C=O) groups is 2. The fourth-order valence-electron chi connectivity index (χ4n) is 3.43. The molecular formula is C20H27N5O2. The van der Waals surface area contributed by atoms with E-state index in [1.54, 1.807) is 6.20 Å². The number of nitrogens with one attached hydrogen (secondary N) is 2. The molecular weight excluding hydrogens is 342 g/mol. The molecule has 3 amide bonds. The molecule has 1 aromatic heterocycles. The van der Waals surface area contributed by atoms with Crippen molar-refractivity contribution in [1.29, 1.82) is 0 Å². The van der Waals surface area contributed by atoms with Crippen LogP contribution < -0.4 is 10.6 Å². The lowest BCUT2D eigenvalue weighted by atomic mass is 10.1. The van der Waals surface area contributed by atoms with Crippen LogP contribution in [0, 0.1) is 0 Å². The number of amides is 3. The van der Waals surface area contributed by atoms with Gasteiger partial charge < -0.3 is 20.4 Å². The lowest BCUT2D eigenvalue weighted by Gasteiger charge is -2.26. The summed E-state index contributed by atoms with van der Waals surface area (Å²) >= 11 is 0. The number of hydrogen-bond donors (Lipinski definition) is 2. The van der Waals surface area contributed by atoms with Crippen molar-refractivity contribution in [3.63, 3.8) is 0 Å². The van der Waals surface area contributed by atoms with Crippen molar-refractivity contribution in [3.05, 3.63) is 36.5 Å². The fourth-order valence-corrected chi connectivity index (χ4v) is 3.43. The van der Waals surface area contributed by atoms with Crippen LogP contribution in [0.4, 0.5) is 10.5 Å². The number of carbonyl (C=O) groups excluding carboxylic acids is 2. The van der Waals surface area contributed by atoms with Crippen LogP contribution in [0.15, 0.2) is 36.5 Å². The quantitative estimate of drug-likeness (QED) is 0.785. The zero-order chi connectivity index (χ0) is 19.2.